The Kier molecular flexibility index (Phi) is 4.98. The molecule has 0 unspecified atom stereocenters. The Morgan fingerprint density at radius 1 is 1.56 bits per heavy atom. The summed E-state index contributed by atoms with van der Waals surface area (Å²) in [5, 5.41) is 15.7. The number of hydrogen-bond acceptors (Lipinski definition) is 3. The van der Waals surface area contributed by atoms with Gasteiger partial charge in [0.05, 0.1) is 11.4 Å². The second-order valence-corrected chi connectivity index (χ2v) is 3.75. The van der Waals surface area contributed by atoms with E-state index in [4.69, 9.17) is 5.11 Å². The maximum Gasteiger partial charge on any atom is 0.224 e. The van der Waals surface area contributed by atoms with Gasteiger partial charge in [0.15, 0.2) is 0 Å². The number of unbranched alkanes of at least 4 members (excludes halogenated alkanes) is 1. The molecule has 0 radical (unpaired) electrons. The van der Waals surface area contributed by atoms with Crippen molar-refractivity contribution in [2.75, 3.05) is 11.9 Å². The minimum absolute atomic E-state index is 0.0175. The van der Waals surface area contributed by atoms with Crippen LogP contribution in [0.3, 0.4) is 0 Å². The number of hydrogen-bond donors (Lipinski definition) is 2. The van der Waals surface area contributed by atoms with Crippen LogP contribution in [0.5, 0.6) is 0 Å². The van der Waals surface area contributed by atoms with Gasteiger partial charge in [0.1, 0.15) is 0 Å². The lowest BCUT2D eigenvalue weighted by Crippen LogP contribution is -2.12. The van der Waals surface area contributed by atoms with E-state index in [1.165, 1.54) is 0 Å². The van der Waals surface area contributed by atoms with Crippen molar-refractivity contribution < 1.29 is 9.90 Å². The number of aliphatic hydroxyl groups is 1. The Morgan fingerprint density at radius 3 is 2.94 bits per heavy atom. The largest absolute Gasteiger partial charge is 0.396 e. The molecule has 5 nitrogen and oxygen atoms in total. The van der Waals surface area contributed by atoms with Gasteiger partial charge >= 0.3 is 0 Å². The predicted molar refractivity (Wildman–Crippen MR) is 62.2 cm³/mol. The summed E-state index contributed by atoms with van der Waals surface area (Å²) < 4.78 is 1.70. The maximum absolute atomic E-state index is 11.5. The molecule has 5 heteroatoms. The van der Waals surface area contributed by atoms with Crippen molar-refractivity contribution in [3.8, 4) is 0 Å². The van der Waals surface area contributed by atoms with E-state index in [9.17, 15) is 4.79 Å². The predicted octanol–water partition coefficient (Wildman–Crippen LogP) is 1.08. The summed E-state index contributed by atoms with van der Waals surface area (Å²) in [6, 6.07) is 0. The molecule has 0 spiro atoms. The van der Waals surface area contributed by atoms with Crippen molar-refractivity contribution in [3.05, 3.63) is 11.9 Å². The Morgan fingerprint density at radius 2 is 2.31 bits per heavy atom. The van der Waals surface area contributed by atoms with Crippen molar-refractivity contribution in [1.29, 1.82) is 0 Å². The highest BCUT2D eigenvalue weighted by Gasteiger charge is 2.08. The van der Waals surface area contributed by atoms with Crippen LogP contribution in [0.2, 0.25) is 0 Å². The Bertz CT molecular complexity index is 347. The molecule has 0 fully saturated rings. The first-order valence-corrected chi connectivity index (χ1v) is 5.60. The van der Waals surface area contributed by atoms with Crippen LogP contribution in [0.1, 0.15) is 31.9 Å². The van der Waals surface area contributed by atoms with Crippen LogP contribution in [-0.4, -0.2) is 27.4 Å². The molecule has 0 saturated carbocycles. The zero-order chi connectivity index (χ0) is 12.0. The normalized spacial score (nSPS) is 10.4. The Labute approximate surface area is 95.5 Å². The van der Waals surface area contributed by atoms with Crippen molar-refractivity contribution >= 4 is 11.6 Å². The van der Waals surface area contributed by atoms with Crippen LogP contribution < -0.4 is 5.32 Å². The molecular weight excluding hydrogens is 206 g/mol. The first-order valence-electron chi connectivity index (χ1n) is 5.60. The molecule has 16 heavy (non-hydrogen) atoms. The summed E-state index contributed by atoms with van der Waals surface area (Å²) in [5.74, 6) is -0.0175. The number of aryl methyl sites for hydroxylation is 2. The van der Waals surface area contributed by atoms with Crippen LogP contribution in [0.15, 0.2) is 6.20 Å². The third-order valence-corrected chi connectivity index (χ3v) is 2.33. The highest BCUT2D eigenvalue weighted by molar-refractivity contribution is 5.91. The van der Waals surface area contributed by atoms with Gasteiger partial charge in [0.25, 0.3) is 0 Å². The molecule has 0 aliphatic heterocycles. The van der Waals surface area contributed by atoms with E-state index in [0.717, 1.165) is 17.8 Å². The number of nitrogens with zero attached hydrogens (tertiary/aromatic N) is 2. The smallest absolute Gasteiger partial charge is 0.224 e. The van der Waals surface area contributed by atoms with E-state index in [0.29, 0.717) is 19.3 Å². The monoisotopic (exact) mass is 225 g/mol. The fourth-order valence-electron chi connectivity index (χ4n) is 1.51. The summed E-state index contributed by atoms with van der Waals surface area (Å²) in [7, 11) is 1.83. The SMILES string of the molecule is CCc1nn(C)cc1NC(=O)CCCCO. The first-order chi connectivity index (χ1) is 7.67. The molecule has 1 aromatic heterocycles. The fourth-order valence-corrected chi connectivity index (χ4v) is 1.51. The van der Waals surface area contributed by atoms with Crippen molar-refractivity contribution in [3.63, 3.8) is 0 Å². The quantitative estimate of drug-likeness (QED) is 0.712. The van der Waals surface area contributed by atoms with Gasteiger partial charge < -0.3 is 10.4 Å². The van der Waals surface area contributed by atoms with Gasteiger partial charge in [-0.3, -0.25) is 9.48 Å². The van der Waals surface area contributed by atoms with Crippen LogP contribution in [0.4, 0.5) is 5.69 Å². The molecule has 0 aromatic carbocycles. The summed E-state index contributed by atoms with van der Waals surface area (Å²) in [6.07, 6.45) is 4.43. The number of rotatable bonds is 6. The summed E-state index contributed by atoms with van der Waals surface area (Å²) in [6.45, 7) is 2.14. The molecule has 0 bridgehead atoms. The van der Waals surface area contributed by atoms with Gasteiger partial charge in [-0.25, -0.2) is 0 Å². The lowest BCUT2D eigenvalue weighted by molar-refractivity contribution is -0.116. The molecule has 0 saturated heterocycles. The first kappa shape index (κ1) is 12.7. The average molecular weight is 225 g/mol. The lowest BCUT2D eigenvalue weighted by atomic mass is 10.2. The lowest BCUT2D eigenvalue weighted by Gasteiger charge is -2.03. The molecule has 1 rings (SSSR count). The van der Waals surface area contributed by atoms with Gasteiger partial charge in [0.2, 0.25) is 5.91 Å². The van der Waals surface area contributed by atoms with E-state index < -0.39 is 0 Å². The van der Waals surface area contributed by atoms with Crippen LogP contribution in [0.25, 0.3) is 0 Å². The molecule has 90 valence electrons. The number of anilines is 1. The third-order valence-electron chi connectivity index (χ3n) is 2.33. The van der Waals surface area contributed by atoms with E-state index in [-0.39, 0.29) is 12.5 Å². The molecule has 0 aliphatic rings. The average Bonchev–Trinajstić information content (AvgIpc) is 2.59. The van der Waals surface area contributed by atoms with Crippen molar-refractivity contribution in [2.45, 2.75) is 32.6 Å². The summed E-state index contributed by atoms with van der Waals surface area (Å²) >= 11 is 0. The molecule has 1 heterocycles. The summed E-state index contributed by atoms with van der Waals surface area (Å²) in [4.78, 5) is 11.5. The number of carbonyl (C=O) groups is 1. The van der Waals surface area contributed by atoms with Gasteiger partial charge in [-0.2, -0.15) is 5.10 Å². The number of aliphatic hydroxyl groups excluding tert-OH is 1. The van der Waals surface area contributed by atoms with E-state index in [1.54, 1.807) is 4.68 Å². The van der Waals surface area contributed by atoms with Crippen LogP contribution in [-0.2, 0) is 18.3 Å². The van der Waals surface area contributed by atoms with Gasteiger partial charge in [0, 0.05) is 26.3 Å². The van der Waals surface area contributed by atoms with Crippen LogP contribution >= 0.6 is 0 Å². The second-order valence-electron chi connectivity index (χ2n) is 3.75. The molecule has 1 aromatic rings. The minimum atomic E-state index is -0.0175. The van der Waals surface area contributed by atoms with E-state index in [2.05, 4.69) is 10.4 Å². The maximum atomic E-state index is 11.5. The van der Waals surface area contributed by atoms with Crippen molar-refractivity contribution in [1.82, 2.24) is 9.78 Å². The minimum Gasteiger partial charge on any atom is -0.396 e. The Balaban J connectivity index is 2.48. The van der Waals surface area contributed by atoms with Gasteiger partial charge in [-0.05, 0) is 19.3 Å². The Hall–Kier alpha value is -1.36. The number of aromatic nitrogens is 2. The molecule has 2 N–H and O–H groups in total. The molecule has 0 aliphatic carbocycles. The zero-order valence-corrected chi connectivity index (χ0v) is 9.86. The third kappa shape index (κ3) is 3.66. The van der Waals surface area contributed by atoms with E-state index in [1.807, 2.05) is 20.2 Å². The molecule has 0 atom stereocenters. The van der Waals surface area contributed by atoms with Gasteiger partial charge in [-0.1, -0.05) is 6.92 Å². The van der Waals surface area contributed by atoms with Gasteiger partial charge in [-0.15, -0.1) is 0 Å². The highest BCUT2D eigenvalue weighted by atomic mass is 16.2. The van der Waals surface area contributed by atoms with Crippen LogP contribution in [0, 0.1) is 0 Å². The zero-order valence-electron chi connectivity index (χ0n) is 9.86. The second kappa shape index (κ2) is 6.27. The standard InChI is InChI=1S/C11H19N3O2/c1-3-9-10(8-14(2)13-9)12-11(16)6-4-5-7-15/h8,15H,3-7H2,1-2H3,(H,12,16). The number of amides is 1. The fraction of sp³-hybridized carbons (Fsp3) is 0.636. The molecule has 1 amide bonds. The summed E-state index contributed by atoms with van der Waals surface area (Å²) in [5.41, 5.74) is 1.69. The molecular formula is C11H19N3O2. The highest BCUT2D eigenvalue weighted by Crippen LogP contribution is 2.14. The van der Waals surface area contributed by atoms with Crippen molar-refractivity contribution in [2.24, 2.45) is 7.05 Å². The topological polar surface area (TPSA) is 67.2 Å². The number of carbonyl (C=O) groups excluding carboxylic acids is 1. The van der Waals surface area contributed by atoms with E-state index >= 15 is 0 Å². The number of nitrogens with one attached hydrogen (secondary N) is 1.